The first kappa shape index (κ1) is 22.0. The summed E-state index contributed by atoms with van der Waals surface area (Å²) in [5.41, 5.74) is 5.12. The summed E-state index contributed by atoms with van der Waals surface area (Å²) >= 11 is 0. The Labute approximate surface area is 212 Å². The van der Waals surface area contributed by atoms with Gasteiger partial charge in [0.25, 0.3) is 0 Å². The normalized spacial score (nSPS) is 35.6. The first-order valence-electron chi connectivity index (χ1n) is 13.0. The summed E-state index contributed by atoms with van der Waals surface area (Å²) in [6.45, 7) is 12.8. The van der Waals surface area contributed by atoms with E-state index in [0.29, 0.717) is 12.8 Å². The van der Waals surface area contributed by atoms with Gasteiger partial charge in [0.15, 0.2) is 0 Å². The third-order valence-corrected chi connectivity index (χ3v) is 10.1. The number of carbonyl (C=O) groups excluding carboxylic acids is 2. The maximum Gasteiger partial charge on any atom is 0.247 e. The lowest BCUT2D eigenvalue weighted by Crippen LogP contribution is -2.66. The first-order chi connectivity index (χ1) is 17.0. The van der Waals surface area contributed by atoms with E-state index in [-0.39, 0.29) is 40.4 Å². The molecule has 1 N–H and O–H groups in total. The van der Waals surface area contributed by atoms with Crippen LogP contribution in [0.4, 0.5) is 11.4 Å². The lowest BCUT2D eigenvalue weighted by molar-refractivity contribution is -0.160. The molecule has 0 spiro atoms. The number of fused-ring (bicyclic) bond motifs is 10. The number of anilines is 2. The molecule has 3 saturated heterocycles. The van der Waals surface area contributed by atoms with Crippen molar-refractivity contribution in [1.29, 1.82) is 0 Å². The average molecular weight is 483 g/mol. The molecule has 0 aliphatic carbocycles. The summed E-state index contributed by atoms with van der Waals surface area (Å²) in [6.07, 6.45) is 2.92. The summed E-state index contributed by atoms with van der Waals surface area (Å²) in [5.74, 6) is 0.177. The van der Waals surface area contributed by atoms with Crippen LogP contribution in [0.2, 0.25) is 0 Å². The van der Waals surface area contributed by atoms with Crippen LogP contribution in [0.15, 0.2) is 55.1 Å². The van der Waals surface area contributed by atoms with Crippen molar-refractivity contribution in [2.75, 3.05) is 17.3 Å². The van der Waals surface area contributed by atoms with Crippen LogP contribution in [0.25, 0.3) is 0 Å². The van der Waals surface area contributed by atoms with Crippen LogP contribution in [-0.4, -0.2) is 53.1 Å². The third kappa shape index (κ3) is 2.34. The molecule has 5 aliphatic rings. The van der Waals surface area contributed by atoms with E-state index in [1.807, 2.05) is 28.0 Å². The number of hydrogen-bond acceptors (Lipinski definition) is 4. The molecular formula is C30H34N4O2. The summed E-state index contributed by atoms with van der Waals surface area (Å²) in [5, 5.41) is 3.60. The van der Waals surface area contributed by atoms with Crippen LogP contribution in [0.3, 0.4) is 0 Å². The van der Waals surface area contributed by atoms with E-state index in [9.17, 15) is 9.59 Å². The van der Waals surface area contributed by atoms with Gasteiger partial charge < -0.3 is 20.0 Å². The highest BCUT2D eigenvalue weighted by Gasteiger charge is 2.68. The summed E-state index contributed by atoms with van der Waals surface area (Å²) in [7, 11) is 2.07. The molecule has 7 rings (SSSR count). The van der Waals surface area contributed by atoms with Crippen LogP contribution >= 0.6 is 0 Å². The van der Waals surface area contributed by atoms with Gasteiger partial charge in [-0.05, 0) is 41.7 Å². The maximum absolute atomic E-state index is 14.2. The van der Waals surface area contributed by atoms with Gasteiger partial charge in [-0.1, -0.05) is 64.1 Å². The minimum absolute atomic E-state index is 0.0850. The van der Waals surface area contributed by atoms with Crippen molar-refractivity contribution >= 4 is 23.2 Å². The zero-order valence-corrected chi connectivity index (χ0v) is 21.7. The van der Waals surface area contributed by atoms with E-state index in [1.54, 1.807) is 0 Å². The number of benzene rings is 2. The van der Waals surface area contributed by atoms with Crippen LogP contribution < -0.4 is 10.2 Å². The predicted molar refractivity (Wildman–Crippen MR) is 141 cm³/mol. The molecule has 0 saturated carbocycles. The SMILES string of the molecule is C=CC(C)(C)c1ccc2c(c1)C1(C)CC3C(=O)N4C(CC5(C)c6ccccc6NC45)C(=O)N3C1N2C. The molecule has 0 radical (unpaired) electrons. The number of rotatable bonds is 2. The van der Waals surface area contributed by atoms with Crippen molar-refractivity contribution < 1.29 is 9.59 Å². The Hall–Kier alpha value is -3.28. The molecule has 6 heteroatoms. The number of para-hydroxylation sites is 1. The van der Waals surface area contributed by atoms with Gasteiger partial charge >= 0.3 is 0 Å². The smallest absolute Gasteiger partial charge is 0.247 e. The monoisotopic (exact) mass is 482 g/mol. The average Bonchev–Trinajstić information content (AvgIpc) is 3.50. The van der Waals surface area contributed by atoms with Gasteiger partial charge in [0.05, 0.1) is 0 Å². The van der Waals surface area contributed by atoms with Crippen molar-refractivity contribution in [3.8, 4) is 0 Å². The fourth-order valence-corrected chi connectivity index (χ4v) is 8.05. The first-order valence-corrected chi connectivity index (χ1v) is 13.0. The van der Waals surface area contributed by atoms with E-state index < -0.39 is 12.1 Å². The predicted octanol–water partition coefficient (Wildman–Crippen LogP) is 4.11. The third-order valence-electron chi connectivity index (χ3n) is 10.1. The van der Waals surface area contributed by atoms with Gasteiger partial charge in [-0.2, -0.15) is 0 Å². The largest absolute Gasteiger partial charge is 0.364 e. The Morgan fingerprint density at radius 3 is 2.39 bits per heavy atom. The standard InChI is InChI=1S/C30H34N4O2/c1-7-28(2,3)17-12-13-21-19(14-17)30(5)16-23-24(35)33-22(25(36)34(23)27(30)32(21)6)15-29(4)18-10-8-9-11-20(18)31-26(29)33/h7-14,22-23,26-27,31H,1,15-16H2,2-6H3. The van der Waals surface area contributed by atoms with Crippen molar-refractivity contribution in [1.82, 2.24) is 9.80 Å². The highest BCUT2D eigenvalue weighted by atomic mass is 16.2. The van der Waals surface area contributed by atoms with Crippen LogP contribution in [-0.2, 0) is 25.8 Å². The van der Waals surface area contributed by atoms with Crippen molar-refractivity contribution in [3.05, 3.63) is 71.8 Å². The van der Waals surface area contributed by atoms with Crippen LogP contribution in [0.5, 0.6) is 0 Å². The number of nitrogens with zero attached hydrogens (tertiary/aromatic N) is 3. The van der Waals surface area contributed by atoms with Crippen molar-refractivity contribution in [2.24, 2.45) is 0 Å². The molecule has 0 aromatic heterocycles. The second-order valence-corrected chi connectivity index (χ2v) is 12.5. The van der Waals surface area contributed by atoms with Crippen molar-refractivity contribution in [2.45, 2.75) is 81.2 Å². The maximum atomic E-state index is 14.2. The van der Waals surface area contributed by atoms with E-state index >= 15 is 0 Å². The summed E-state index contributed by atoms with van der Waals surface area (Å²) in [6, 6.07) is 14.0. The van der Waals surface area contributed by atoms with Crippen LogP contribution in [0, 0.1) is 0 Å². The van der Waals surface area contributed by atoms with E-state index in [2.05, 4.69) is 81.9 Å². The van der Waals surface area contributed by atoms with Gasteiger partial charge in [0.2, 0.25) is 11.8 Å². The molecule has 6 nitrogen and oxygen atoms in total. The quantitative estimate of drug-likeness (QED) is 0.655. The Balaban J connectivity index is 1.30. The Bertz CT molecular complexity index is 1370. The minimum Gasteiger partial charge on any atom is -0.364 e. The van der Waals surface area contributed by atoms with Gasteiger partial charge in [-0.3, -0.25) is 9.59 Å². The fourth-order valence-electron chi connectivity index (χ4n) is 8.05. The topological polar surface area (TPSA) is 55.9 Å². The molecular weight excluding hydrogens is 448 g/mol. The zero-order valence-electron chi connectivity index (χ0n) is 21.7. The number of amides is 2. The highest BCUT2D eigenvalue weighted by molar-refractivity contribution is 6.00. The molecule has 5 aliphatic heterocycles. The lowest BCUT2D eigenvalue weighted by atomic mass is 9.76. The second-order valence-electron chi connectivity index (χ2n) is 12.5. The Morgan fingerprint density at radius 1 is 0.972 bits per heavy atom. The number of carbonyl (C=O) groups is 2. The van der Waals surface area contributed by atoms with Crippen molar-refractivity contribution in [3.63, 3.8) is 0 Å². The number of piperazine rings is 1. The number of nitrogens with one attached hydrogen (secondary N) is 1. The second kappa shape index (κ2) is 6.53. The highest BCUT2D eigenvalue weighted by Crippen LogP contribution is 2.58. The van der Waals surface area contributed by atoms with Crippen LogP contribution in [0.1, 0.15) is 57.2 Å². The summed E-state index contributed by atoms with van der Waals surface area (Å²) < 4.78 is 0. The number of hydrogen-bond donors (Lipinski definition) is 1. The molecule has 3 fully saturated rings. The Kier molecular flexibility index (Phi) is 3.98. The van der Waals surface area contributed by atoms with Gasteiger partial charge in [-0.15, -0.1) is 6.58 Å². The van der Waals surface area contributed by atoms with E-state index in [1.165, 1.54) is 16.7 Å². The number of likely N-dealkylation sites (N-methyl/N-ethyl adjacent to an activating group) is 1. The lowest BCUT2D eigenvalue weighted by Gasteiger charge is -2.44. The zero-order chi connectivity index (χ0) is 25.4. The molecule has 2 aromatic carbocycles. The number of allylic oxidation sites excluding steroid dienone is 1. The molecule has 6 atom stereocenters. The Morgan fingerprint density at radius 2 is 1.64 bits per heavy atom. The van der Waals surface area contributed by atoms with E-state index in [0.717, 1.165) is 11.4 Å². The molecule has 0 bridgehead atoms. The summed E-state index contributed by atoms with van der Waals surface area (Å²) in [4.78, 5) is 34.5. The molecule has 5 heterocycles. The molecule has 6 unspecified atom stereocenters. The van der Waals surface area contributed by atoms with Gasteiger partial charge in [0.1, 0.15) is 24.4 Å². The molecule has 186 valence electrons. The minimum atomic E-state index is -0.441. The molecule has 2 amide bonds. The molecule has 2 aromatic rings. The van der Waals surface area contributed by atoms with E-state index in [4.69, 9.17) is 0 Å². The van der Waals surface area contributed by atoms with Gasteiger partial charge in [0, 0.05) is 34.7 Å². The molecule has 36 heavy (non-hydrogen) atoms. The van der Waals surface area contributed by atoms with Gasteiger partial charge in [-0.25, -0.2) is 0 Å². The fraction of sp³-hybridized carbons (Fsp3) is 0.467.